The summed E-state index contributed by atoms with van der Waals surface area (Å²) in [6, 6.07) is 8.43. The number of piperazine rings is 1. The number of aryl methyl sites for hydroxylation is 1. The second kappa shape index (κ2) is 9.28. The van der Waals surface area contributed by atoms with E-state index in [1.165, 1.54) is 4.31 Å². The van der Waals surface area contributed by atoms with E-state index in [4.69, 9.17) is 4.52 Å². The third-order valence-corrected chi connectivity index (χ3v) is 7.69. The number of carbonyl (C=O) groups excluding carboxylic acids is 1. The van der Waals surface area contributed by atoms with Gasteiger partial charge in [-0.15, -0.1) is 0 Å². The van der Waals surface area contributed by atoms with Crippen molar-refractivity contribution in [3.05, 3.63) is 41.6 Å². The van der Waals surface area contributed by atoms with Crippen LogP contribution >= 0.6 is 0 Å². The molecule has 1 fully saturated rings. The van der Waals surface area contributed by atoms with E-state index in [1.54, 1.807) is 32.0 Å². The Hall–Kier alpha value is -2.23. The lowest BCUT2D eigenvalue weighted by Gasteiger charge is -2.36. The van der Waals surface area contributed by atoms with Gasteiger partial charge < -0.3 is 4.52 Å². The Labute approximate surface area is 178 Å². The van der Waals surface area contributed by atoms with Crippen LogP contribution in [0.1, 0.15) is 44.4 Å². The maximum absolute atomic E-state index is 13.0. The molecule has 8 nitrogen and oxygen atoms in total. The van der Waals surface area contributed by atoms with Crippen molar-refractivity contribution in [2.75, 3.05) is 31.5 Å². The molecular weight excluding hydrogens is 404 g/mol. The average molecular weight is 435 g/mol. The summed E-state index contributed by atoms with van der Waals surface area (Å²) >= 11 is 0. The molecule has 0 aliphatic carbocycles. The standard InChI is InChI=1S/C21H30N4O4S/c1-5-15(2)18-6-8-19(9-7-18)30(27,28)25-12-10-24(11-13-25)17(4)21(26)22-20-14-16(3)23-29-20/h6-9,14-15,17H,5,10-13H2,1-4H3,(H,22,26). The summed E-state index contributed by atoms with van der Waals surface area (Å²) in [5.41, 5.74) is 1.83. The fraction of sp³-hybridized carbons (Fsp3) is 0.524. The topological polar surface area (TPSA) is 95.8 Å². The van der Waals surface area contributed by atoms with Gasteiger partial charge in [0.05, 0.1) is 16.6 Å². The van der Waals surface area contributed by atoms with Crippen molar-refractivity contribution in [1.82, 2.24) is 14.4 Å². The zero-order valence-electron chi connectivity index (χ0n) is 18.0. The molecule has 2 unspecified atom stereocenters. The molecule has 0 bridgehead atoms. The van der Waals surface area contributed by atoms with Gasteiger partial charge in [-0.05, 0) is 43.9 Å². The van der Waals surface area contributed by atoms with Gasteiger partial charge in [0.25, 0.3) is 0 Å². The van der Waals surface area contributed by atoms with Gasteiger partial charge in [0.1, 0.15) is 0 Å². The van der Waals surface area contributed by atoms with E-state index in [1.807, 2.05) is 17.0 Å². The first-order valence-electron chi connectivity index (χ1n) is 10.3. The van der Waals surface area contributed by atoms with Crippen molar-refractivity contribution in [2.24, 2.45) is 0 Å². The molecule has 2 heterocycles. The minimum Gasteiger partial charge on any atom is -0.338 e. The fourth-order valence-electron chi connectivity index (χ4n) is 3.50. The van der Waals surface area contributed by atoms with Crippen molar-refractivity contribution in [3.8, 4) is 0 Å². The molecule has 2 aromatic rings. The molecule has 0 saturated carbocycles. The lowest BCUT2D eigenvalue weighted by atomic mass is 9.99. The van der Waals surface area contributed by atoms with Gasteiger partial charge in [0.2, 0.25) is 21.8 Å². The minimum absolute atomic E-state index is 0.205. The van der Waals surface area contributed by atoms with Crippen LogP contribution in [0.25, 0.3) is 0 Å². The lowest BCUT2D eigenvalue weighted by molar-refractivity contribution is -0.121. The number of nitrogens with one attached hydrogen (secondary N) is 1. The van der Waals surface area contributed by atoms with Crippen LogP contribution in [0.2, 0.25) is 0 Å². The zero-order chi connectivity index (χ0) is 21.9. The number of amides is 1. The molecule has 1 aromatic heterocycles. The summed E-state index contributed by atoms with van der Waals surface area (Å²) in [4.78, 5) is 14.7. The Morgan fingerprint density at radius 2 is 1.80 bits per heavy atom. The molecule has 1 N–H and O–H groups in total. The van der Waals surface area contributed by atoms with Crippen molar-refractivity contribution in [3.63, 3.8) is 0 Å². The van der Waals surface area contributed by atoms with Crippen LogP contribution < -0.4 is 5.32 Å². The highest BCUT2D eigenvalue weighted by Crippen LogP contribution is 2.23. The summed E-state index contributed by atoms with van der Waals surface area (Å²) in [6.45, 7) is 9.47. The van der Waals surface area contributed by atoms with E-state index in [0.29, 0.717) is 48.6 Å². The van der Waals surface area contributed by atoms with Crippen LogP contribution in [0.5, 0.6) is 0 Å². The van der Waals surface area contributed by atoms with E-state index in [9.17, 15) is 13.2 Å². The largest absolute Gasteiger partial charge is 0.338 e. The van der Waals surface area contributed by atoms with Gasteiger partial charge in [0.15, 0.2) is 0 Å². The predicted octanol–water partition coefficient (Wildman–Crippen LogP) is 2.83. The summed E-state index contributed by atoms with van der Waals surface area (Å²) in [7, 11) is -3.54. The lowest BCUT2D eigenvalue weighted by Crippen LogP contribution is -2.53. The van der Waals surface area contributed by atoms with Crippen molar-refractivity contribution >= 4 is 21.8 Å². The Kier molecular flexibility index (Phi) is 6.95. The monoisotopic (exact) mass is 434 g/mol. The molecule has 0 spiro atoms. The number of benzene rings is 1. The highest BCUT2D eigenvalue weighted by Gasteiger charge is 2.32. The van der Waals surface area contributed by atoms with Crippen LogP contribution in [-0.4, -0.2) is 60.9 Å². The first-order valence-corrected chi connectivity index (χ1v) is 11.7. The van der Waals surface area contributed by atoms with Crippen molar-refractivity contribution in [1.29, 1.82) is 0 Å². The predicted molar refractivity (Wildman–Crippen MR) is 115 cm³/mol. The first kappa shape index (κ1) is 22.5. The molecule has 1 amide bonds. The molecule has 164 valence electrons. The second-order valence-electron chi connectivity index (χ2n) is 7.82. The first-order chi connectivity index (χ1) is 14.2. The SMILES string of the molecule is CCC(C)c1ccc(S(=O)(=O)N2CCN(C(C)C(=O)Nc3cc(C)no3)CC2)cc1. The van der Waals surface area contributed by atoms with Gasteiger partial charge in [-0.25, -0.2) is 8.42 Å². The van der Waals surface area contributed by atoms with Crippen LogP contribution in [0.15, 0.2) is 39.8 Å². The molecular formula is C21H30N4O4S. The van der Waals surface area contributed by atoms with Crippen molar-refractivity contribution < 1.29 is 17.7 Å². The third kappa shape index (κ3) is 4.91. The van der Waals surface area contributed by atoms with Gasteiger partial charge in [0, 0.05) is 32.2 Å². The Bertz CT molecular complexity index is 963. The van der Waals surface area contributed by atoms with Crippen molar-refractivity contribution in [2.45, 2.75) is 51.0 Å². The Balaban J connectivity index is 1.59. The van der Waals surface area contributed by atoms with Crippen LogP contribution in [0.3, 0.4) is 0 Å². The summed E-state index contributed by atoms with van der Waals surface area (Å²) < 4.78 is 32.5. The van der Waals surface area contributed by atoms with E-state index < -0.39 is 16.1 Å². The second-order valence-corrected chi connectivity index (χ2v) is 9.75. The van der Waals surface area contributed by atoms with Gasteiger partial charge >= 0.3 is 0 Å². The zero-order valence-corrected chi connectivity index (χ0v) is 18.8. The minimum atomic E-state index is -3.54. The van der Waals surface area contributed by atoms with Gasteiger partial charge in [-0.2, -0.15) is 4.31 Å². The highest BCUT2D eigenvalue weighted by atomic mass is 32.2. The number of hydrogen-bond donors (Lipinski definition) is 1. The molecule has 1 saturated heterocycles. The maximum atomic E-state index is 13.0. The van der Waals surface area contributed by atoms with Gasteiger partial charge in [-0.3, -0.25) is 15.0 Å². The maximum Gasteiger partial charge on any atom is 0.243 e. The molecule has 1 aliphatic heterocycles. The summed E-state index contributed by atoms with van der Waals surface area (Å²) in [5.74, 6) is 0.508. The third-order valence-electron chi connectivity index (χ3n) is 5.77. The smallest absolute Gasteiger partial charge is 0.243 e. The molecule has 0 radical (unpaired) electrons. The van der Waals surface area contributed by atoms with E-state index >= 15 is 0 Å². The molecule has 3 rings (SSSR count). The summed E-state index contributed by atoms with van der Waals surface area (Å²) in [5, 5.41) is 6.45. The molecule has 2 atom stereocenters. The highest BCUT2D eigenvalue weighted by molar-refractivity contribution is 7.89. The van der Waals surface area contributed by atoms with E-state index in [0.717, 1.165) is 12.0 Å². The quantitative estimate of drug-likeness (QED) is 0.720. The Morgan fingerprint density at radius 1 is 1.17 bits per heavy atom. The van der Waals surface area contributed by atoms with E-state index in [2.05, 4.69) is 24.3 Å². The number of carbonyl (C=O) groups is 1. The molecule has 1 aromatic carbocycles. The summed E-state index contributed by atoms with van der Waals surface area (Å²) in [6.07, 6.45) is 1.01. The molecule has 1 aliphatic rings. The van der Waals surface area contributed by atoms with E-state index in [-0.39, 0.29) is 5.91 Å². The average Bonchev–Trinajstić information content (AvgIpc) is 3.17. The number of aromatic nitrogens is 1. The molecule has 30 heavy (non-hydrogen) atoms. The number of rotatable bonds is 7. The number of sulfonamides is 1. The molecule has 9 heteroatoms. The van der Waals surface area contributed by atoms with Crippen LogP contribution in [0, 0.1) is 6.92 Å². The number of anilines is 1. The Morgan fingerprint density at radius 3 is 2.33 bits per heavy atom. The fourth-order valence-corrected chi connectivity index (χ4v) is 4.92. The number of hydrogen-bond acceptors (Lipinski definition) is 6. The number of nitrogens with zero attached hydrogens (tertiary/aromatic N) is 3. The van der Waals surface area contributed by atoms with Gasteiger partial charge in [-0.1, -0.05) is 31.1 Å². The van der Waals surface area contributed by atoms with Crippen LogP contribution in [-0.2, 0) is 14.8 Å². The van der Waals surface area contributed by atoms with Crippen LogP contribution in [0.4, 0.5) is 5.88 Å². The normalized spacial score (nSPS) is 18.1.